The van der Waals surface area contributed by atoms with E-state index in [1.807, 2.05) is 133 Å². The summed E-state index contributed by atoms with van der Waals surface area (Å²) >= 11 is 18.8. The molecule has 0 saturated heterocycles. The van der Waals surface area contributed by atoms with Crippen LogP contribution in [0, 0.1) is 64.4 Å². The van der Waals surface area contributed by atoms with Crippen LogP contribution in [0.4, 0.5) is 10.1 Å². The molecule has 7 N–H and O–H groups in total. The van der Waals surface area contributed by atoms with Gasteiger partial charge in [-0.2, -0.15) is 0 Å². The third-order valence-electron chi connectivity index (χ3n) is 22.1. The van der Waals surface area contributed by atoms with Gasteiger partial charge in [0.05, 0.1) is 118 Å². The van der Waals surface area contributed by atoms with Crippen molar-refractivity contribution < 1.29 is 125 Å². The average molecular weight is 2090 g/mol. The van der Waals surface area contributed by atoms with Crippen molar-refractivity contribution in [2.75, 3.05) is 27.4 Å². The Morgan fingerprint density at radius 1 is 0.399 bits per heavy atom. The van der Waals surface area contributed by atoms with Gasteiger partial charge in [-0.05, 0) is 198 Å². The predicted octanol–water partition coefficient (Wildman–Crippen LogP) is 16.4. The highest BCUT2D eigenvalue weighted by atomic mass is 35.5. The van der Waals surface area contributed by atoms with Gasteiger partial charge in [0.2, 0.25) is 28.9 Å². The number of halogens is 4. The number of benzene rings is 9. The Kier molecular flexibility index (Phi) is 37.9. The minimum atomic E-state index is -1.82. The van der Waals surface area contributed by atoms with Crippen molar-refractivity contribution in [1.82, 2.24) is 0 Å². The van der Waals surface area contributed by atoms with Crippen molar-refractivity contribution >= 4 is 131 Å². The van der Waals surface area contributed by atoms with Crippen LogP contribution < -0.4 is 4.74 Å². The summed E-state index contributed by atoms with van der Waals surface area (Å²) in [6.07, 6.45) is 1.83. The molecule has 0 radical (unpaired) electrons. The van der Waals surface area contributed by atoms with Crippen LogP contribution in [0.5, 0.6) is 5.75 Å². The van der Waals surface area contributed by atoms with Crippen LogP contribution in [0.1, 0.15) is 174 Å². The molecule has 0 amide bonds. The first-order chi connectivity index (χ1) is 67.1. The zero-order valence-corrected chi connectivity index (χ0v) is 86.5. The van der Waals surface area contributed by atoms with Crippen molar-refractivity contribution in [3.63, 3.8) is 0 Å². The zero-order valence-electron chi connectivity index (χ0n) is 81.8. The highest BCUT2D eigenvalue weighted by molar-refractivity contribution is 7.87. The van der Waals surface area contributed by atoms with E-state index < -0.39 is 111 Å². The summed E-state index contributed by atoms with van der Waals surface area (Å²) in [7, 11) is -1.72. The van der Waals surface area contributed by atoms with Gasteiger partial charge in [0.25, 0.3) is 23.0 Å². The first kappa shape index (κ1) is 113. The molecule has 14 atom stereocenters. The molecule has 143 heavy (non-hydrogen) atoms. The van der Waals surface area contributed by atoms with Crippen molar-refractivity contribution in [1.29, 1.82) is 0 Å². The Hall–Kier alpha value is -12.2. The lowest BCUT2D eigenvalue weighted by atomic mass is 9.92. The molecule has 9 aromatic carbocycles. The lowest BCUT2D eigenvalue weighted by Gasteiger charge is -2.28. The Morgan fingerprint density at radius 2 is 0.678 bits per heavy atom. The average Bonchev–Trinajstić information content (AvgIpc) is 1.62. The summed E-state index contributed by atoms with van der Waals surface area (Å²) in [5.41, 5.74) is 15.6. The number of aliphatic hydroxyl groups is 7. The molecule has 0 aliphatic carbocycles. The smallest absolute Gasteiger partial charge is 0.357 e. The van der Waals surface area contributed by atoms with E-state index >= 15 is 0 Å². The fraction of sp³-hybridized carbons (Fsp3) is 0.366. The second-order valence-electron chi connectivity index (χ2n) is 35.1. The summed E-state index contributed by atoms with van der Waals surface area (Å²) < 4.78 is 71.9. The maximum absolute atomic E-state index is 13.6. The van der Waals surface area contributed by atoms with Gasteiger partial charge in [0.15, 0.2) is 27.2 Å². The number of hydrogen-bond donors (Lipinski definition) is 7. The van der Waals surface area contributed by atoms with Crippen molar-refractivity contribution in [2.24, 2.45) is 41.2 Å². The second-order valence-corrected chi connectivity index (χ2v) is 40.9. The SMILES string of the molecule is CC1(O)CC(c2ccc(Cl)cc2)=NO1.CC1(O)CC(c2ccc(F)cc2)=NO1.CC1(O)CC(c2ccc([N+](=O)[O-])cc2)=NO1.CCOC(=O)C1=NOC(C)(O)C1[S@@](=O)c1ccc(C)cc1.CCOC(=O)C1=NOC(C)(O)C1[S@@](=O)c1ccc(C)cc1.CO[C@]1(C)ON=C(c2c(C)c(Cl)c(C)c(Cl)c2C)[C@@H]1[S@@](=O)c1ccc(C)cc1.COc1ccc(C2=NOC(C)(O)C2)cc1.Cc1ccc(C2=NOC(C)(O)C2)cc1. The van der Waals surface area contributed by atoms with Gasteiger partial charge >= 0.3 is 11.9 Å². The number of non-ortho nitro benzene ring substituents is 1. The maximum Gasteiger partial charge on any atom is 0.357 e. The van der Waals surface area contributed by atoms with E-state index in [1.54, 1.807) is 134 Å². The lowest BCUT2D eigenvalue weighted by Crippen LogP contribution is -2.46. The number of ether oxygens (including phenoxy) is 4. The molecule has 8 aliphatic rings. The molecule has 0 bridgehead atoms. The first-order valence-electron chi connectivity index (χ1n) is 44.5. The van der Waals surface area contributed by atoms with Gasteiger partial charge in [-0.1, -0.05) is 183 Å². The van der Waals surface area contributed by atoms with Crippen LogP contribution in [-0.4, -0.2) is 200 Å². The monoisotopic (exact) mass is 2090 g/mol. The number of nitro groups is 1. The number of nitrogens with zero attached hydrogens (tertiary/aromatic N) is 9. The molecular weight excluding hydrogens is 1980 g/mol. The quantitative estimate of drug-likeness (QED) is 0.0225. The zero-order chi connectivity index (χ0) is 105. The molecule has 0 saturated carbocycles. The Morgan fingerprint density at radius 3 is 0.958 bits per heavy atom. The largest absolute Gasteiger partial charge is 0.497 e. The van der Waals surface area contributed by atoms with E-state index in [2.05, 4.69) is 41.2 Å². The minimum absolute atomic E-state index is 0.0232. The molecule has 764 valence electrons. The number of oxime groups is 8. The van der Waals surface area contributed by atoms with Gasteiger partial charge in [-0.3, -0.25) is 22.7 Å². The Bertz CT molecular complexity index is 6070. The molecule has 35 nitrogen and oxygen atoms in total. The molecule has 0 aromatic heterocycles. The third kappa shape index (κ3) is 30.0. The fourth-order valence-electron chi connectivity index (χ4n) is 14.4. The van der Waals surface area contributed by atoms with Gasteiger partial charge < -0.3 is 93.4 Å². The number of hydrogen-bond acceptors (Lipinski definition) is 34. The molecule has 9 unspecified atom stereocenters. The molecule has 17 rings (SSSR count). The van der Waals surface area contributed by atoms with E-state index in [4.69, 9.17) is 92.5 Å². The fourth-order valence-corrected chi connectivity index (χ4v) is 19.4. The summed E-state index contributed by atoms with van der Waals surface area (Å²) in [6.45, 7) is 29.4. The van der Waals surface area contributed by atoms with Crippen molar-refractivity contribution in [3.8, 4) is 5.75 Å². The van der Waals surface area contributed by atoms with E-state index in [0.29, 0.717) is 78.1 Å². The van der Waals surface area contributed by atoms with Crippen LogP contribution in [0.3, 0.4) is 0 Å². The maximum atomic E-state index is 13.6. The van der Waals surface area contributed by atoms with E-state index in [0.717, 1.165) is 84.1 Å². The Labute approximate surface area is 848 Å². The summed E-state index contributed by atoms with van der Waals surface area (Å²) in [5, 5.41) is 108. The van der Waals surface area contributed by atoms with Crippen molar-refractivity contribution in [2.45, 2.75) is 227 Å². The first-order valence-corrected chi connectivity index (χ1v) is 49.3. The van der Waals surface area contributed by atoms with Crippen molar-refractivity contribution in [3.05, 3.63) is 297 Å². The standard InChI is InChI=1S/C21H23Cl2NO3S.2C14H17NO5S.C11H13NO3.C11H13NO2.C10H10ClNO2.C10H10FNO2.C10H10N2O4/c1-11-7-9-15(10-8-11)28(25)20-19(24-27-21(20,5)26-6)16-12(2)17(22)14(4)18(23)13(16)3;2*1-4-19-13(16)11-12(14(3,17)20-15-11)21(18)10-7-5-9(2)6-8-10;1-11(13)7-10(12-15-11)8-3-5-9(14-2)6-4-8;1-8-3-5-9(6-4-8)10-7-11(2,13)14-12-10;2*1-10(13)6-9(12-14-10)7-2-4-8(11)5-3-7;1-10(13)6-9(11-16-10)7-2-4-8(5-3-7)12(14)15/h7-10,20H,1-6H3;2*5-8,12,17H,4H2,1-3H3;3-6,13H,7H2,1-2H3;3-6,13H,7H2,1-2H3;2*2-5,13H,6H2,1H3;2-5,13H,6H2,1H3/t20-,21+,28-;2*12?,14?,21-;;;;;/m000...../s1. The highest BCUT2D eigenvalue weighted by Crippen LogP contribution is 2.42. The number of esters is 2. The second kappa shape index (κ2) is 48.0. The van der Waals surface area contributed by atoms with Crippen LogP contribution in [-0.2, 0) is 94.9 Å². The van der Waals surface area contributed by atoms with Gasteiger partial charge in [0.1, 0.15) is 17.3 Å². The predicted molar refractivity (Wildman–Crippen MR) is 539 cm³/mol. The molecule has 0 fully saturated rings. The number of nitro benzene ring substituents is 1. The lowest BCUT2D eigenvalue weighted by molar-refractivity contribution is -0.384. The number of methoxy groups -OCH3 is 2. The highest BCUT2D eigenvalue weighted by Gasteiger charge is 2.55. The summed E-state index contributed by atoms with van der Waals surface area (Å²) in [5.74, 6) is -11.8. The number of carbonyl (C=O) groups excluding carboxylic acids is 2. The van der Waals surface area contributed by atoms with Crippen LogP contribution in [0.25, 0.3) is 0 Å². The van der Waals surface area contributed by atoms with E-state index in [1.165, 1.54) is 64.6 Å². The summed E-state index contributed by atoms with van der Waals surface area (Å²) in [4.78, 5) is 74.9. The molecular formula is C101H113Cl3FN9O26S3. The summed E-state index contributed by atoms with van der Waals surface area (Å²) in [6, 6.07) is 56.2. The van der Waals surface area contributed by atoms with Gasteiger partial charge in [-0.15, -0.1) is 0 Å². The van der Waals surface area contributed by atoms with Crippen LogP contribution in [0.2, 0.25) is 15.1 Å². The van der Waals surface area contributed by atoms with E-state index in [-0.39, 0.29) is 42.6 Å². The normalized spacial score (nSPS) is 24.9. The number of carbonyl (C=O) groups is 2. The minimum Gasteiger partial charge on any atom is -0.497 e. The van der Waals surface area contributed by atoms with E-state index in [9.17, 15) is 72.5 Å². The molecule has 9 aromatic rings. The van der Waals surface area contributed by atoms with Gasteiger partial charge in [-0.25, -0.2) is 14.0 Å². The molecule has 8 aliphatic heterocycles. The Balaban J connectivity index is 0.000000170. The molecule has 0 spiro atoms. The topological polar surface area (TPSA) is 480 Å². The molecule has 8 heterocycles. The molecule has 42 heteroatoms. The number of aryl methyl sites for hydroxylation is 4. The van der Waals surface area contributed by atoms with Gasteiger partial charge in [0, 0.05) is 116 Å². The third-order valence-corrected chi connectivity index (χ3v) is 28.9. The number of rotatable bonds is 19. The van der Waals surface area contributed by atoms with Crippen LogP contribution in [0.15, 0.2) is 250 Å². The van der Waals surface area contributed by atoms with Crippen LogP contribution >= 0.6 is 34.8 Å².